The molecule has 1 N–H and O–H groups in total. The number of hydrogen-bond acceptors (Lipinski definition) is 5. The van der Waals surface area contributed by atoms with Crippen molar-refractivity contribution in [2.75, 3.05) is 0 Å². The standard InChI is InChI=1S/C13H11ClN2O4/c1-8(17)9-4-5-15-13(6-9)20-10-2-3-12(16(18)19)11(14)7-10/h2-8,17H,1H3/t8-/m0/s1. The first-order valence-electron chi connectivity index (χ1n) is 5.73. The summed E-state index contributed by atoms with van der Waals surface area (Å²) >= 11 is 5.79. The summed E-state index contributed by atoms with van der Waals surface area (Å²) in [7, 11) is 0. The molecule has 0 aliphatic heterocycles. The maximum Gasteiger partial charge on any atom is 0.288 e. The van der Waals surface area contributed by atoms with Crippen LogP contribution in [0.1, 0.15) is 18.6 Å². The molecule has 0 spiro atoms. The second-order valence-corrected chi connectivity index (χ2v) is 4.48. The van der Waals surface area contributed by atoms with E-state index in [-0.39, 0.29) is 16.6 Å². The number of nitrogens with zero attached hydrogens (tertiary/aromatic N) is 2. The Kier molecular flexibility index (Phi) is 4.16. The number of rotatable bonds is 4. The highest BCUT2D eigenvalue weighted by Gasteiger charge is 2.13. The summed E-state index contributed by atoms with van der Waals surface area (Å²) in [5.74, 6) is 0.601. The second-order valence-electron chi connectivity index (χ2n) is 4.08. The van der Waals surface area contributed by atoms with Gasteiger partial charge in [-0.1, -0.05) is 11.6 Å². The van der Waals surface area contributed by atoms with Crippen LogP contribution in [0.5, 0.6) is 11.6 Å². The molecule has 1 aromatic heterocycles. The third-order valence-corrected chi connectivity index (χ3v) is 2.88. The van der Waals surface area contributed by atoms with Gasteiger partial charge in [0.25, 0.3) is 5.69 Å². The third-order valence-electron chi connectivity index (χ3n) is 2.58. The number of benzene rings is 1. The topological polar surface area (TPSA) is 85.5 Å². The summed E-state index contributed by atoms with van der Waals surface area (Å²) in [5, 5.41) is 20.1. The summed E-state index contributed by atoms with van der Waals surface area (Å²) in [6.07, 6.45) is 0.866. The molecular weight excluding hydrogens is 284 g/mol. The largest absolute Gasteiger partial charge is 0.439 e. The third kappa shape index (κ3) is 3.23. The van der Waals surface area contributed by atoms with Gasteiger partial charge in [0, 0.05) is 24.4 Å². The smallest absolute Gasteiger partial charge is 0.288 e. The van der Waals surface area contributed by atoms with Crippen LogP contribution in [0, 0.1) is 10.1 Å². The lowest BCUT2D eigenvalue weighted by molar-refractivity contribution is -0.384. The van der Waals surface area contributed by atoms with Crippen LogP contribution in [0.2, 0.25) is 5.02 Å². The molecule has 0 aliphatic rings. The zero-order chi connectivity index (χ0) is 14.7. The lowest BCUT2D eigenvalue weighted by atomic mass is 10.2. The molecule has 20 heavy (non-hydrogen) atoms. The molecule has 0 radical (unpaired) electrons. The van der Waals surface area contributed by atoms with Gasteiger partial charge in [0.1, 0.15) is 10.8 Å². The van der Waals surface area contributed by atoms with E-state index in [1.165, 1.54) is 24.4 Å². The summed E-state index contributed by atoms with van der Waals surface area (Å²) < 4.78 is 5.46. The molecule has 0 amide bonds. The van der Waals surface area contributed by atoms with Crippen molar-refractivity contribution in [3.63, 3.8) is 0 Å². The van der Waals surface area contributed by atoms with Crippen molar-refractivity contribution in [2.45, 2.75) is 13.0 Å². The predicted molar refractivity (Wildman–Crippen MR) is 73.1 cm³/mol. The fourth-order valence-corrected chi connectivity index (χ4v) is 1.80. The lowest BCUT2D eigenvalue weighted by Gasteiger charge is -2.08. The number of halogens is 1. The fourth-order valence-electron chi connectivity index (χ4n) is 1.56. The zero-order valence-electron chi connectivity index (χ0n) is 10.5. The summed E-state index contributed by atoms with van der Waals surface area (Å²) in [6.45, 7) is 1.63. The number of nitro benzene ring substituents is 1. The first-order valence-corrected chi connectivity index (χ1v) is 6.11. The molecule has 0 bridgehead atoms. The summed E-state index contributed by atoms with van der Waals surface area (Å²) in [6, 6.07) is 7.29. The van der Waals surface area contributed by atoms with Crippen LogP contribution in [-0.4, -0.2) is 15.0 Å². The molecule has 1 atom stereocenters. The van der Waals surface area contributed by atoms with E-state index in [1.54, 1.807) is 19.1 Å². The molecule has 0 saturated heterocycles. The maximum atomic E-state index is 10.7. The van der Waals surface area contributed by atoms with Gasteiger partial charge < -0.3 is 9.84 Å². The quantitative estimate of drug-likeness (QED) is 0.689. The Morgan fingerprint density at radius 1 is 1.40 bits per heavy atom. The van der Waals surface area contributed by atoms with Gasteiger partial charge in [-0.05, 0) is 24.6 Å². The van der Waals surface area contributed by atoms with Crippen molar-refractivity contribution in [2.24, 2.45) is 0 Å². The van der Waals surface area contributed by atoms with E-state index >= 15 is 0 Å². The number of pyridine rings is 1. The van der Waals surface area contributed by atoms with Gasteiger partial charge in [-0.3, -0.25) is 10.1 Å². The van der Waals surface area contributed by atoms with Crippen molar-refractivity contribution in [3.8, 4) is 11.6 Å². The highest BCUT2D eigenvalue weighted by Crippen LogP contribution is 2.30. The highest BCUT2D eigenvalue weighted by atomic mass is 35.5. The molecule has 0 fully saturated rings. The van der Waals surface area contributed by atoms with E-state index in [2.05, 4.69) is 4.98 Å². The van der Waals surface area contributed by atoms with Crippen LogP contribution in [0.15, 0.2) is 36.5 Å². The predicted octanol–water partition coefficient (Wildman–Crippen LogP) is 3.49. The minimum atomic E-state index is -0.638. The highest BCUT2D eigenvalue weighted by molar-refractivity contribution is 6.32. The maximum absolute atomic E-state index is 10.7. The fraction of sp³-hybridized carbons (Fsp3) is 0.154. The number of aliphatic hydroxyl groups excluding tert-OH is 1. The van der Waals surface area contributed by atoms with Crippen molar-refractivity contribution >= 4 is 17.3 Å². The average molecular weight is 295 g/mol. The van der Waals surface area contributed by atoms with Crippen LogP contribution in [0.4, 0.5) is 5.69 Å². The Balaban J connectivity index is 2.24. The second kappa shape index (κ2) is 5.85. The SMILES string of the molecule is C[C@H](O)c1ccnc(Oc2ccc([N+](=O)[O-])c(Cl)c2)c1. The van der Waals surface area contributed by atoms with Crippen molar-refractivity contribution in [1.29, 1.82) is 0 Å². The Hall–Kier alpha value is -2.18. The van der Waals surface area contributed by atoms with E-state index in [9.17, 15) is 15.2 Å². The number of hydrogen-bond donors (Lipinski definition) is 1. The van der Waals surface area contributed by atoms with Gasteiger partial charge in [-0.25, -0.2) is 4.98 Å². The Morgan fingerprint density at radius 3 is 2.75 bits per heavy atom. The van der Waals surface area contributed by atoms with Gasteiger partial charge in [0.05, 0.1) is 11.0 Å². The Bertz CT molecular complexity index is 646. The lowest BCUT2D eigenvalue weighted by Crippen LogP contribution is -1.95. The van der Waals surface area contributed by atoms with Gasteiger partial charge in [0.2, 0.25) is 5.88 Å². The van der Waals surface area contributed by atoms with E-state index < -0.39 is 11.0 Å². The van der Waals surface area contributed by atoms with E-state index in [0.717, 1.165) is 0 Å². The van der Waals surface area contributed by atoms with Gasteiger partial charge in [-0.15, -0.1) is 0 Å². The molecule has 1 heterocycles. The van der Waals surface area contributed by atoms with Crippen LogP contribution < -0.4 is 4.74 Å². The van der Waals surface area contributed by atoms with Crippen molar-refractivity contribution < 1.29 is 14.8 Å². The molecule has 1 aromatic carbocycles. The van der Waals surface area contributed by atoms with E-state index in [4.69, 9.17) is 16.3 Å². The molecule has 2 rings (SSSR count). The van der Waals surface area contributed by atoms with Gasteiger partial charge in [-0.2, -0.15) is 0 Å². The molecule has 0 unspecified atom stereocenters. The minimum Gasteiger partial charge on any atom is -0.439 e. The van der Waals surface area contributed by atoms with Crippen LogP contribution in [-0.2, 0) is 0 Å². The monoisotopic (exact) mass is 294 g/mol. The van der Waals surface area contributed by atoms with E-state index in [1.807, 2.05) is 0 Å². The van der Waals surface area contributed by atoms with Gasteiger partial charge in [0.15, 0.2) is 0 Å². The average Bonchev–Trinajstić information content (AvgIpc) is 2.38. The molecule has 0 aliphatic carbocycles. The number of nitro groups is 1. The van der Waals surface area contributed by atoms with Crippen LogP contribution >= 0.6 is 11.6 Å². The van der Waals surface area contributed by atoms with Crippen LogP contribution in [0.3, 0.4) is 0 Å². The molecule has 6 nitrogen and oxygen atoms in total. The van der Waals surface area contributed by atoms with Crippen LogP contribution in [0.25, 0.3) is 0 Å². The Labute approximate surface area is 119 Å². The summed E-state index contributed by atoms with van der Waals surface area (Å²) in [4.78, 5) is 14.1. The molecule has 2 aromatic rings. The van der Waals surface area contributed by atoms with Gasteiger partial charge >= 0.3 is 0 Å². The first-order chi connectivity index (χ1) is 9.47. The van der Waals surface area contributed by atoms with Crippen molar-refractivity contribution in [3.05, 3.63) is 57.2 Å². The number of aromatic nitrogens is 1. The molecule has 7 heteroatoms. The molecule has 104 valence electrons. The normalized spacial score (nSPS) is 11.9. The molecular formula is C13H11ClN2O4. The summed E-state index contributed by atoms with van der Waals surface area (Å²) in [5.41, 5.74) is 0.465. The zero-order valence-corrected chi connectivity index (χ0v) is 11.2. The molecule has 0 saturated carbocycles. The van der Waals surface area contributed by atoms with Crippen molar-refractivity contribution in [1.82, 2.24) is 4.98 Å². The minimum absolute atomic E-state index is 0.0146. The van der Waals surface area contributed by atoms with E-state index in [0.29, 0.717) is 11.3 Å². The number of aliphatic hydroxyl groups is 1. The number of ether oxygens (including phenoxy) is 1. The Morgan fingerprint density at radius 2 is 2.15 bits per heavy atom. The first kappa shape index (κ1) is 14.2.